The van der Waals surface area contributed by atoms with Crippen LogP contribution in [0, 0.1) is 0 Å². The molecule has 0 saturated carbocycles. The summed E-state index contributed by atoms with van der Waals surface area (Å²) in [5, 5.41) is 8.41. The van der Waals surface area contributed by atoms with E-state index in [1.54, 1.807) is 0 Å². The van der Waals surface area contributed by atoms with Gasteiger partial charge in [-0.15, -0.1) is 0 Å². The Labute approximate surface area is 128 Å². The van der Waals surface area contributed by atoms with Crippen LogP contribution >= 0.6 is 23.8 Å². The van der Waals surface area contributed by atoms with Crippen LogP contribution in [0.3, 0.4) is 0 Å². The fourth-order valence-corrected chi connectivity index (χ4v) is 2.23. The van der Waals surface area contributed by atoms with Gasteiger partial charge in [-0.2, -0.15) is 0 Å². The molecule has 1 aromatic heterocycles. The molecular weight excluding hydrogens is 294 g/mol. The van der Waals surface area contributed by atoms with Gasteiger partial charge in [-0.3, -0.25) is 0 Å². The molecule has 0 aliphatic rings. The van der Waals surface area contributed by atoms with E-state index in [2.05, 4.69) is 10.5 Å². The van der Waals surface area contributed by atoms with Gasteiger partial charge in [0, 0.05) is 30.2 Å². The summed E-state index contributed by atoms with van der Waals surface area (Å²) in [5.41, 5.74) is 1.75. The molecule has 1 heterocycles. The SMILES string of the molecule is CCN(Cc1cc(-c2cccc(Cl)c2)on1)C(=S)NC. The van der Waals surface area contributed by atoms with Crippen LogP contribution in [-0.4, -0.2) is 28.8 Å². The third kappa shape index (κ3) is 3.49. The van der Waals surface area contributed by atoms with Crippen molar-refractivity contribution in [3.05, 3.63) is 41.0 Å². The van der Waals surface area contributed by atoms with Crippen molar-refractivity contribution >= 4 is 28.9 Å². The highest BCUT2D eigenvalue weighted by Gasteiger charge is 2.12. The molecule has 2 aromatic rings. The third-order valence-electron chi connectivity index (χ3n) is 2.90. The van der Waals surface area contributed by atoms with Gasteiger partial charge in [0.1, 0.15) is 5.69 Å². The predicted molar refractivity (Wildman–Crippen MR) is 84.7 cm³/mol. The van der Waals surface area contributed by atoms with Crippen LogP contribution in [0.25, 0.3) is 11.3 Å². The molecule has 0 aliphatic carbocycles. The summed E-state index contributed by atoms with van der Waals surface area (Å²) in [6, 6.07) is 9.40. The van der Waals surface area contributed by atoms with Gasteiger partial charge in [-0.1, -0.05) is 28.9 Å². The van der Waals surface area contributed by atoms with E-state index in [4.69, 9.17) is 28.3 Å². The molecule has 106 valence electrons. The normalized spacial score (nSPS) is 10.3. The molecule has 20 heavy (non-hydrogen) atoms. The van der Waals surface area contributed by atoms with E-state index in [1.807, 2.05) is 49.2 Å². The highest BCUT2D eigenvalue weighted by molar-refractivity contribution is 7.80. The first-order valence-electron chi connectivity index (χ1n) is 6.32. The summed E-state index contributed by atoms with van der Waals surface area (Å²) in [4.78, 5) is 2.01. The third-order valence-corrected chi connectivity index (χ3v) is 3.60. The lowest BCUT2D eigenvalue weighted by molar-refractivity contribution is 0.383. The number of hydrogen-bond acceptors (Lipinski definition) is 3. The largest absolute Gasteiger partial charge is 0.366 e. The molecule has 1 N–H and O–H groups in total. The minimum Gasteiger partial charge on any atom is -0.366 e. The van der Waals surface area contributed by atoms with Gasteiger partial charge in [-0.05, 0) is 31.3 Å². The fourth-order valence-electron chi connectivity index (χ4n) is 1.85. The van der Waals surface area contributed by atoms with Crippen molar-refractivity contribution < 1.29 is 4.52 Å². The van der Waals surface area contributed by atoms with Crippen LogP contribution in [-0.2, 0) is 6.54 Å². The first-order valence-corrected chi connectivity index (χ1v) is 7.11. The van der Waals surface area contributed by atoms with Crippen molar-refractivity contribution in [1.82, 2.24) is 15.4 Å². The number of nitrogens with one attached hydrogen (secondary N) is 1. The molecule has 0 spiro atoms. The zero-order valence-electron chi connectivity index (χ0n) is 11.4. The molecule has 0 unspecified atom stereocenters. The van der Waals surface area contributed by atoms with Crippen LogP contribution in [0.1, 0.15) is 12.6 Å². The van der Waals surface area contributed by atoms with Crippen LogP contribution in [0.15, 0.2) is 34.9 Å². The molecule has 0 fully saturated rings. The summed E-state index contributed by atoms with van der Waals surface area (Å²) >= 11 is 11.2. The Morgan fingerprint density at radius 3 is 2.90 bits per heavy atom. The number of halogens is 1. The number of benzene rings is 1. The second-order valence-electron chi connectivity index (χ2n) is 4.26. The zero-order chi connectivity index (χ0) is 14.5. The minimum absolute atomic E-state index is 0.611. The van der Waals surface area contributed by atoms with Crippen LogP contribution < -0.4 is 5.32 Å². The maximum absolute atomic E-state index is 5.97. The van der Waals surface area contributed by atoms with E-state index in [0.29, 0.717) is 22.4 Å². The Morgan fingerprint density at radius 2 is 2.25 bits per heavy atom. The van der Waals surface area contributed by atoms with Gasteiger partial charge < -0.3 is 14.7 Å². The fraction of sp³-hybridized carbons (Fsp3) is 0.286. The van der Waals surface area contributed by atoms with Crippen LogP contribution in [0.2, 0.25) is 5.02 Å². The maximum atomic E-state index is 5.97. The van der Waals surface area contributed by atoms with E-state index in [1.165, 1.54) is 0 Å². The molecule has 0 aliphatic heterocycles. The van der Waals surface area contributed by atoms with E-state index in [-0.39, 0.29) is 0 Å². The lowest BCUT2D eigenvalue weighted by Gasteiger charge is -2.21. The maximum Gasteiger partial charge on any atom is 0.169 e. The molecule has 4 nitrogen and oxygen atoms in total. The standard InChI is InChI=1S/C14H16ClN3OS/c1-3-18(14(20)16-2)9-12-8-13(19-17-12)10-5-4-6-11(15)7-10/h4-8H,3,9H2,1-2H3,(H,16,20). The smallest absolute Gasteiger partial charge is 0.169 e. The molecular formula is C14H16ClN3OS. The molecule has 0 amide bonds. The molecule has 6 heteroatoms. The van der Waals surface area contributed by atoms with Crippen LogP contribution in [0.4, 0.5) is 0 Å². The molecule has 1 aromatic carbocycles. The first kappa shape index (κ1) is 14.8. The van der Waals surface area contributed by atoms with E-state index < -0.39 is 0 Å². The second-order valence-corrected chi connectivity index (χ2v) is 5.09. The highest BCUT2D eigenvalue weighted by atomic mass is 35.5. The van der Waals surface area contributed by atoms with Crippen molar-refractivity contribution in [2.45, 2.75) is 13.5 Å². The van der Waals surface area contributed by atoms with Crippen molar-refractivity contribution in [1.29, 1.82) is 0 Å². The second kappa shape index (κ2) is 6.72. The quantitative estimate of drug-likeness (QED) is 0.877. The first-order chi connectivity index (χ1) is 9.63. The van der Waals surface area contributed by atoms with E-state index >= 15 is 0 Å². The van der Waals surface area contributed by atoms with Crippen molar-refractivity contribution in [3.63, 3.8) is 0 Å². The average molecular weight is 310 g/mol. The number of thiocarbonyl (C=S) groups is 1. The van der Waals surface area contributed by atoms with Gasteiger partial charge >= 0.3 is 0 Å². The van der Waals surface area contributed by atoms with Crippen molar-refractivity contribution in [2.75, 3.05) is 13.6 Å². The molecule has 0 saturated heterocycles. The van der Waals surface area contributed by atoms with Crippen molar-refractivity contribution in [2.24, 2.45) is 0 Å². The van der Waals surface area contributed by atoms with Crippen LogP contribution in [0.5, 0.6) is 0 Å². The molecule has 0 atom stereocenters. The summed E-state index contributed by atoms with van der Waals surface area (Å²) in [6.07, 6.45) is 0. The van der Waals surface area contributed by atoms with Gasteiger partial charge in [0.05, 0.1) is 6.54 Å². The predicted octanol–water partition coefficient (Wildman–Crippen LogP) is 3.32. The van der Waals surface area contributed by atoms with Gasteiger partial charge in [-0.25, -0.2) is 0 Å². The number of aromatic nitrogens is 1. The lowest BCUT2D eigenvalue weighted by Crippen LogP contribution is -2.37. The monoisotopic (exact) mass is 309 g/mol. The Hall–Kier alpha value is -1.59. The van der Waals surface area contributed by atoms with E-state index in [9.17, 15) is 0 Å². The molecule has 0 bridgehead atoms. The number of hydrogen-bond donors (Lipinski definition) is 1. The highest BCUT2D eigenvalue weighted by Crippen LogP contribution is 2.23. The Morgan fingerprint density at radius 1 is 1.45 bits per heavy atom. The van der Waals surface area contributed by atoms with E-state index in [0.717, 1.165) is 17.8 Å². The average Bonchev–Trinajstić information content (AvgIpc) is 2.92. The zero-order valence-corrected chi connectivity index (χ0v) is 13.0. The molecule has 2 rings (SSSR count). The summed E-state index contributed by atoms with van der Waals surface area (Å²) in [6.45, 7) is 3.46. The summed E-state index contributed by atoms with van der Waals surface area (Å²) < 4.78 is 5.37. The van der Waals surface area contributed by atoms with Gasteiger partial charge in [0.2, 0.25) is 0 Å². The Kier molecular flexibility index (Phi) is 4.98. The minimum atomic E-state index is 0.611. The Bertz CT molecular complexity index is 600. The lowest BCUT2D eigenvalue weighted by atomic mass is 10.1. The van der Waals surface area contributed by atoms with Gasteiger partial charge in [0.25, 0.3) is 0 Å². The topological polar surface area (TPSA) is 41.3 Å². The number of nitrogens with zero attached hydrogens (tertiary/aromatic N) is 2. The summed E-state index contributed by atoms with van der Waals surface area (Å²) in [5.74, 6) is 0.703. The van der Waals surface area contributed by atoms with Gasteiger partial charge in [0.15, 0.2) is 10.9 Å². The summed E-state index contributed by atoms with van der Waals surface area (Å²) in [7, 11) is 1.81. The Balaban J connectivity index is 2.15. The number of rotatable bonds is 4. The van der Waals surface area contributed by atoms with Crippen molar-refractivity contribution in [3.8, 4) is 11.3 Å². The molecule has 0 radical (unpaired) electrons.